The Labute approximate surface area is 366 Å². The zero-order valence-corrected chi connectivity index (χ0v) is 38.6. The summed E-state index contributed by atoms with van der Waals surface area (Å²) < 4.78 is 17.2. The highest BCUT2D eigenvalue weighted by molar-refractivity contribution is 5.72. The predicted octanol–water partition coefficient (Wildman–Crippen LogP) is 13.1. The van der Waals surface area contributed by atoms with Crippen molar-refractivity contribution in [1.82, 2.24) is 0 Å². The minimum atomic E-state index is -0.890. The van der Waals surface area contributed by atoms with E-state index in [1.807, 2.05) is 33.3 Å². The quantitative estimate of drug-likeness (QED) is 0.0284. The maximum absolute atomic E-state index is 12.7. The summed E-state index contributed by atoms with van der Waals surface area (Å²) in [6.45, 7) is 4.49. The fraction of sp³-hybridized carbons (Fsp3) is 0.635. The molecular weight excluding hydrogens is 751 g/mol. The lowest BCUT2D eigenvalue weighted by Gasteiger charge is -2.31. The van der Waals surface area contributed by atoms with Gasteiger partial charge in [0.1, 0.15) is 6.61 Å². The first-order chi connectivity index (χ1) is 29.1. The third kappa shape index (κ3) is 39.7. The summed E-state index contributed by atoms with van der Waals surface area (Å²) in [5.41, 5.74) is 0. The Morgan fingerprint density at radius 2 is 0.967 bits per heavy atom. The van der Waals surface area contributed by atoms with E-state index in [1.54, 1.807) is 0 Å². The molecule has 0 aliphatic heterocycles. The first kappa shape index (κ1) is 56.2. The molecule has 0 aromatic carbocycles. The Balaban J connectivity index is 4.47. The van der Waals surface area contributed by atoms with Crippen LogP contribution in [-0.4, -0.2) is 80.6 Å². The van der Waals surface area contributed by atoms with E-state index in [4.69, 9.17) is 14.2 Å². The molecular formula is C52H86NO7+. The Morgan fingerprint density at radius 1 is 0.517 bits per heavy atom. The number of carboxylic acid groups (broad SMARTS) is 1. The number of quaternary nitrogens is 1. The summed E-state index contributed by atoms with van der Waals surface area (Å²) in [5.74, 6) is -1.60. The van der Waals surface area contributed by atoms with Crippen LogP contribution in [-0.2, 0) is 28.6 Å². The highest BCUT2D eigenvalue weighted by atomic mass is 16.6. The Hall–Kier alpha value is -3.75. The van der Waals surface area contributed by atoms with Gasteiger partial charge in [-0.25, -0.2) is 4.79 Å². The molecule has 0 radical (unpaired) electrons. The normalized spacial score (nSPS) is 13.8. The van der Waals surface area contributed by atoms with E-state index < -0.39 is 18.1 Å². The van der Waals surface area contributed by atoms with E-state index in [2.05, 4.69) is 98.9 Å². The number of hydrogen-bond donors (Lipinski definition) is 1. The van der Waals surface area contributed by atoms with Crippen molar-refractivity contribution < 1.29 is 38.2 Å². The standard InChI is InChI=1S/C52H85NO7/c1-6-8-10-12-14-16-18-20-22-24-25-27-28-30-32-34-36-38-40-42-50(54)59-47-48(46-58-45-44-49(52(56)57)53(3,4)5)60-51(55)43-41-39-37-35-33-31-29-26-23-21-19-17-15-13-11-9-7-2/h8,10,14-17,20-23,25,27,30,32,36,38,48-49H,6-7,9,11-13,18-19,24,26,28-29,31,33-35,37,39-47H2,1-5H3/p+1/b10-8+,16-14+,17-15+,22-20+,23-21+,27-25+,32-30+,38-36+. The van der Waals surface area contributed by atoms with Crippen LogP contribution in [0.2, 0.25) is 0 Å². The SMILES string of the molecule is CC/C=C/C/C=C/C/C=C/C/C=C/C/C=C/C/C=C/CCC(=O)OCC(COCCC(C(=O)O)[N+](C)(C)C)OC(=O)CCCCCCCCC/C=C/C/C=C/CCCCC. The van der Waals surface area contributed by atoms with Gasteiger partial charge in [0.15, 0.2) is 12.1 Å². The van der Waals surface area contributed by atoms with Crippen LogP contribution in [0.1, 0.15) is 162 Å². The zero-order chi connectivity index (χ0) is 44.2. The largest absolute Gasteiger partial charge is 0.477 e. The van der Waals surface area contributed by atoms with Crippen LogP contribution in [0.5, 0.6) is 0 Å². The number of nitrogens with zero attached hydrogens (tertiary/aromatic N) is 1. The van der Waals surface area contributed by atoms with Crippen LogP contribution in [0.4, 0.5) is 0 Å². The fourth-order valence-corrected chi connectivity index (χ4v) is 6.15. The lowest BCUT2D eigenvalue weighted by Crippen LogP contribution is -2.50. The molecule has 0 heterocycles. The van der Waals surface area contributed by atoms with Gasteiger partial charge >= 0.3 is 17.9 Å². The van der Waals surface area contributed by atoms with Gasteiger partial charge in [-0.3, -0.25) is 9.59 Å². The summed E-state index contributed by atoms with van der Waals surface area (Å²) in [5, 5.41) is 9.63. The average Bonchev–Trinajstić information content (AvgIpc) is 3.21. The molecule has 2 unspecified atom stereocenters. The van der Waals surface area contributed by atoms with Crippen LogP contribution in [0, 0.1) is 0 Å². The minimum absolute atomic E-state index is 0.0284. The second-order valence-electron chi connectivity index (χ2n) is 16.3. The van der Waals surface area contributed by atoms with Gasteiger partial charge < -0.3 is 23.8 Å². The molecule has 0 aromatic heterocycles. The van der Waals surface area contributed by atoms with Crippen LogP contribution < -0.4 is 0 Å². The maximum atomic E-state index is 12.7. The number of allylic oxidation sites excluding steroid dienone is 16. The molecule has 340 valence electrons. The molecule has 0 saturated heterocycles. The van der Waals surface area contributed by atoms with Gasteiger partial charge in [-0.05, 0) is 83.5 Å². The second kappa shape index (κ2) is 42.0. The van der Waals surface area contributed by atoms with Gasteiger partial charge in [0.2, 0.25) is 0 Å². The van der Waals surface area contributed by atoms with Gasteiger partial charge in [-0.1, -0.05) is 156 Å². The average molecular weight is 837 g/mol. The third-order valence-electron chi connectivity index (χ3n) is 9.73. The van der Waals surface area contributed by atoms with Gasteiger partial charge in [-0.15, -0.1) is 0 Å². The van der Waals surface area contributed by atoms with Crippen molar-refractivity contribution in [2.45, 2.75) is 174 Å². The minimum Gasteiger partial charge on any atom is -0.477 e. The van der Waals surface area contributed by atoms with Crippen molar-refractivity contribution in [3.8, 4) is 0 Å². The number of rotatable bonds is 40. The molecule has 0 aliphatic carbocycles. The van der Waals surface area contributed by atoms with Crippen molar-refractivity contribution in [3.05, 3.63) is 97.2 Å². The summed E-state index contributed by atoms with van der Waals surface area (Å²) in [6, 6.07) is -0.632. The lowest BCUT2D eigenvalue weighted by molar-refractivity contribution is -0.887. The number of carboxylic acids is 1. The molecule has 2 atom stereocenters. The molecule has 1 N–H and O–H groups in total. The number of carbonyl (C=O) groups excluding carboxylic acids is 2. The van der Waals surface area contributed by atoms with E-state index in [0.29, 0.717) is 19.3 Å². The van der Waals surface area contributed by atoms with Gasteiger partial charge in [0.05, 0.1) is 34.4 Å². The molecule has 0 saturated carbocycles. The van der Waals surface area contributed by atoms with Crippen molar-refractivity contribution in [3.63, 3.8) is 0 Å². The highest BCUT2D eigenvalue weighted by Crippen LogP contribution is 2.13. The molecule has 0 spiro atoms. The molecule has 0 rings (SSSR count). The van der Waals surface area contributed by atoms with Gasteiger partial charge in [-0.2, -0.15) is 0 Å². The van der Waals surface area contributed by atoms with Gasteiger partial charge in [0, 0.05) is 19.3 Å². The van der Waals surface area contributed by atoms with Crippen LogP contribution in [0.3, 0.4) is 0 Å². The number of esters is 2. The molecule has 8 nitrogen and oxygen atoms in total. The lowest BCUT2D eigenvalue weighted by atomic mass is 10.1. The Morgan fingerprint density at radius 3 is 1.45 bits per heavy atom. The number of unbranched alkanes of at least 4 members (excludes halogenated alkanes) is 10. The number of likely N-dealkylation sites (N-methyl/N-ethyl adjacent to an activating group) is 1. The molecule has 8 heteroatoms. The van der Waals surface area contributed by atoms with Crippen LogP contribution in [0.25, 0.3) is 0 Å². The Bertz CT molecular complexity index is 1300. The van der Waals surface area contributed by atoms with Crippen molar-refractivity contribution in [2.75, 3.05) is 41.0 Å². The third-order valence-corrected chi connectivity index (χ3v) is 9.73. The molecule has 0 fully saturated rings. The summed E-state index contributed by atoms with van der Waals surface area (Å²) in [6.07, 6.45) is 56.0. The summed E-state index contributed by atoms with van der Waals surface area (Å²) >= 11 is 0. The predicted molar refractivity (Wildman–Crippen MR) is 252 cm³/mol. The van der Waals surface area contributed by atoms with Gasteiger partial charge in [0.25, 0.3) is 0 Å². The number of aliphatic carboxylic acids is 1. The van der Waals surface area contributed by atoms with E-state index in [-0.39, 0.29) is 42.7 Å². The molecule has 0 amide bonds. The van der Waals surface area contributed by atoms with E-state index in [9.17, 15) is 19.5 Å². The molecule has 0 bridgehead atoms. The number of ether oxygens (including phenoxy) is 3. The first-order valence-electron chi connectivity index (χ1n) is 23.3. The first-order valence-corrected chi connectivity index (χ1v) is 23.3. The van der Waals surface area contributed by atoms with E-state index in [1.165, 1.54) is 44.9 Å². The van der Waals surface area contributed by atoms with Crippen molar-refractivity contribution in [1.29, 1.82) is 0 Å². The highest BCUT2D eigenvalue weighted by Gasteiger charge is 2.31. The smallest absolute Gasteiger partial charge is 0.362 e. The maximum Gasteiger partial charge on any atom is 0.362 e. The number of hydrogen-bond acceptors (Lipinski definition) is 6. The van der Waals surface area contributed by atoms with Crippen LogP contribution >= 0.6 is 0 Å². The van der Waals surface area contributed by atoms with Crippen molar-refractivity contribution >= 4 is 17.9 Å². The second-order valence-corrected chi connectivity index (χ2v) is 16.3. The van der Waals surface area contributed by atoms with E-state index in [0.717, 1.165) is 77.0 Å². The zero-order valence-electron chi connectivity index (χ0n) is 38.6. The van der Waals surface area contributed by atoms with Crippen molar-refractivity contribution in [2.24, 2.45) is 0 Å². The molecule has 0 aliphatic rings. The summed E-state index contributed by atoms with van der Waals surface area (Å²) in [4.78, 5) is 37.0. The number of carbonyl (C=O) groups is 3. The topological polar surface area (TPSA) is 99.1 Å². The van der Waals surface area contributed by atoms with Crippen LogP contribution in [0.15, 0.2) is 97.2 Å². The molecule has 60 heavy (non-hydrogen) atoms. The fourth-order valence-electron chi connectivity index (χ4n) is 6.15. The molecule has 0 aromatic rings. The van der Waals surface area contributed by atoms with E-state index >= 15 is 0 Å². The monoisotopic (exact) mass is 837 g/mol. The summed E-state index contributed by atoms with van der Waals surface area (Å²) in [7, 11) is 5.49. The Kier molecular flexibility index (Phi) is 39.3.